The number of carbonyl (C=O) groups is 2. The van der Waals surface area contributed by atoms with Gasteiger partial charge in [-0.1, -0.05) is 54.6 Å². The Labute approximate surface area is 123 Å². The Morgan fingerprint density at radius 1 is 0.762 bits per heavy atom. The number of hydrogen-bond acceptors (Lipinski definition) is 3. The monoisotopic (exact) mass is 277 g/mol. The first-order valence-corrected chi connectivity index (χ1v) is 6.76. The Bertz CT molecular complexity index is 721. The molecule has 104 valence electrons. The van der Waals surface area contributed by atoms with Crippen molar-refractivity contribution < 1.29 is 9.59 Å². The van der Waals surface area contributed by atoms with E-state index >= 15 is 0 Å². The van der Waals surface area contributed by atoms with Gasteiger partial charge in [0.1, 0.15) is 0 Å². The predicted octanol–water partition coefficient (Wildman–Crippen LogP) is 3.04. The smallest absolute Gasteiger partial charge is 0.199 e. The van der Waals surface area contributed by atoms with E-state index in [2.05, 4.69) is 0 Å². The maximum absolute atomic E-state index is 12.6. The average molecular weight is 277 g/mol. The minimum atomic E-state index is -0.192. The van der Waals surface area contributed by atoms with Crippen LogP contribution in [0.3, 0.4) is 0 Å². The highest BCUT2D eigenvalue weighted by Gasteiger charge is 2.36. The summed E-state index contributed by atoms with van der Waals surface area (Å²) in [5.41, 5.74) is 2.78. The summed E-state index contributed by atoms with van der Waals surface area (Å²) in [6.45, 7) is 0. The van der Waals surface area contributed by atoms with Gasteiger partial charge in [-0.3, -0.25) is 9.59 Å². The molecule has 0 amide bonds. The van der Waals surface area contributed by atoms with Gasteiger partial charge in [-0.25, -0.2) is 0 Å². The lowest BCUT2D eigenvalue weighted by Crippen LogP contribution is -2.17. The first kappa shape index (κ1) is 13.3. The summed E-state index contributed by atoms with van der Waals surface area (Å²) in [6.07, 6.45) is 0. The van der Waals surface area contributed by atoms with E-state index in [1.165, 1.54) is 0 Å². The van der Waals surface area contributed by atoms with Crippen molar-refractivity contribution in [2.45, 2.75) is 0 Å². The van der Waals surface area contributed by atoms with E-state index < -0.39 is 0 Å². The zero-order valence-corrected chi connectivity index (χ0v) is 12.0. The van der Waals surface area contributed by atoms with Crippen molar-refractivity contribution in [1.29, 1.82) is 0 Å². The number of benzene rings is 2. The SMILES string of the molecule is CN(C)C(=C1C(=O)c2ccccc2C1=O)c1ccccc1. The summed E-state index contributed by atoms with van der Waals surface area (Å²) in [7, 11) is 3.69. The van der Waals surface area contributed by atoms with Crippen molar-refractivity contribution in [2.75, 3.05) is 14.1 Å². The van der Waals surface area contributed by atoms with Crippen molar-refractivity contribution in [3.05, 3.63) is 76.9 Å². The summed E-state index contributed by atoms with van der Waals surface area (Å²) in [6, 6.07) is 16.5. The molecule has 0 aliphatic heterocycles. The molecule has 0 bridgehead atoms. The quantitative estimate of drug-likeness (QED) is 0.625. The Kier molecular flexibility index (Phi) is 3.18. The molecule has 0 aromatic heterocycles. The minimum Gasteiger partial charge on any atom is -0.376 e. The third kappa shape index (κ3) is 2.07. The summed E-state index contributed by atoms with van der Waals surface area (Å²) < 4.78 is 0. The third-order valence-corrected chi connectivity index (χ3v) is 3.60. The van der Waals surface area contributed by atoms with Crippen LogP contribution in [-0.4, -0.2) is 30.6 Å². The van der Waals surface area contributed by atoms with Crippen LogP contribution in [0, 0.1) is 0 Å². The molecule has 2 aromatic rings. The van der Waals surface area contributed by atoms with Crippen molar-refractivity contribution in [1.82, 2.24) is 4.90 Å². The molecule has 3 heteroatoms. The molecule has 1 aliphatic carbocycles. The van der Waals surface area contributed by atoms with E-state index in [1.54, 1.807) is 24.3 Å². The van der Waals surface area contributed by atoms with Gasteiger partial charge in [0.2, 0.25) is 0 Å². The largest absolute Gasteiger partial charge is 0.376 e. The Morgan fingerprint density at radius 2 is 1.24 bits per heavy atom. The summed E-state index contributed by atoms with van der Waals surface area (Å²) in [4.78, 5) is 27.1. The van der Waals surface area contributed by atoms with E-state index in [0.717, 1.165) is 5.56 Å². The summed E-state index contributed by atoms with van der Waals surface area (Å²) in [5, 5.41) is 0. The molecule has 21 heavy (non-hydrogen) atoms. The van der Waals surface area contributed by atoms with E-state index in [-0.39, 0.29) is 17.1 Å². The zero-order chi connectivity index (χ0) is 15.0. The molecular formula is C18H15NO2. The molecule has 0 N–H and O–H groups in total. The van der Waals surface area contributed by atoms with Crippen molar-refractivity contribution >= 4 is 17.3 Å². The fourth-order valence-corrected chi connectivity index (χ4v) is 2.69. The second-order valence-electron chi connectivity index (χ2n) is 5.19. The number of rotatable bonds is 2. The van der Waals surface area contributed by atoms with Gasteiger partial charge < -0.3 is 4.90 Å². The van der Waals surface area contributed by atoms with Gasteiger partial charge in [0.05, 0.1) is 11.3 Å². The molecule has 3 nitrogen and oxygen atoms in total. The van der Waals surface area contributed by atoms with Crippen LogP contribution in [0.4, 0.5) is 0 Å². The number of fused-ring (bicyclic) bond motifs is 1. The minimum absolute atomic E-state index is 0.192. The summed E-state index contributed by atoms with van der Waals surface area (Å²) >= 11 is 0. The van der Waals surface area contributed by atoms with Crippen LogP contribution < -0.4 is 0 Å². The molecular weight excluding hydrogens is 262 g/mol. The topological polar surface area (TPSA) is 37.4 Å². The first-order chi connectivity index (χ1) is 10.1. The Balaban J connectivity index is 2.26. The van der Waals surface area contributed by atoms with Crippen LogP contribution in [0.25, 0.3) is 5.70 Å². The molecule has 1 aliphatic rings. The van der Waals surface area contributed by atoms with Crippen molar-refractivity contribution in [3.8, 4) is 0 Å². The highest BCUT2D eigenvalue weighted by Crippen LogP contribution is 2.32. The molecule has 0 spiro atoms. The van der Waals surface area contributed by atoms with Crippen LogP contribution in [-0.2, 0) is 0 Å². The van der Waals surface area contributed by atoms with Gasteiger partial charge in [-0.2, -0.15) is 0 Å². The van der Waals surface area contributed by atoms with E-state index in [4.69, 9.17) is 0 Å². The van der Waals surface area contributed by atoms with Gasteiger partial charge in [0.15, 0.2) is 11.6 Å². The summed E-state index contributed by atoms with van der Waals surface area (Å²) in [5.74, 6) is -0.383. The maximum Gasteiger partial charge on any atom is 0.199 e. The highest BCUT2D eigenvalue weighted by atomic mass is 16.2. The fourth-order valence-electron chi connectivity index (χ4n) is 2.69. The molecule has 0 unspecified atom stereocenters. The molecule has 0 radical (unpaired) electrons. The lowest BCUT2D eigenvalue weighted by Gasteiger charge is -2.19. The maximum atomic E-state index is 12.6. The van der Waals surface area contributed by atoms with Crippen LogP contribution in [0.15, 0.2) is 60.2 Å². The number of hydrogen-bond donors (Lipinski definition) is 0. The average Bonchev–Trinajstić information content (AvgIpc) is 2.74. The number of carbonyl (C=O) groups excluding carboxylic acids is 2. The number of nitrogens with zero attached hydrogens (tertiary/aromatic N) is 1. The lowest BCUT2D eigenvalue weighted by molar-refractivity contribution is 0.0988. The molecule has 0 atom stereocenters. The lowest BCUT2D eigenvalue weighted by atomic mass is 10.0. The van der Waals surface area contributed by atoms with E-state index in [1.807, 2.05) is 49.3 Å². The van der Waals surface area contributed by atoms with Crippen LogP contribution in [0.2, 0.25) is 0 Å². The number of allylic oxidation sites excluding steroid dienone is 1. The van der Waals surface area contributed by atoms with Gasteiger partial charge in [-0.05, 0) is 5.56 Å². The van der Waals surface area contributed by atoms with Crippen LogP contribution in [0.5, 0.6) is 0 Å². The second-order valence-corrected chi connectivity index (χ2v) is 5.19. The number of ketones is 2. The van der Waals surface area contributed by atoms with Gasteiger partial charge in [-0.15, -0.1) is 0 Å². The third-order valence-electron chi connectivity index (χ3n) is 3.60. The van der Waals surface area contributed by atoms with Gasteiger partial charge in [0, 0.05) is 25.2 Å². The van der Waals surface area contributed by atoms with Gasteiger partial charge >= 0.3 is 0 Å². The molecule has 0 saturated carbocycles. The second kappa shape index (κ2) is 5.02. The highest BCUT2D eigenvalue weighted by molar-refractivity contribution is 6.42. The van der Waals surface area contributed by atoms with Crippen LogP contribution >= 0.6 is 0 Å². The molecule has 0 heterocycles. The van der Waals surface area contributed by atoms with Crippen molar-refractivity contribution in [3.63, 3.8) is 0 Å². The standard InChI is InChI=1S/C18H15NO2/c1-19(2)16(12-8-4-3-5-9-12)15-17(20)13-10-6-7-11-14(13)18(15)21/h3-11H,1-2H3. The Morgan fingerprint density at radius 3 is 1.71 bits per heavy atom. The normalized spacial score (nSPS) is 13.3. The van der Waals surface area contributed by atoms with Gasteiger partial charge in [0.25, 0.3) is 0 Å². The number of Topliss-reactive ketones (excluding diaryl/α,β-unsaturated/α-hetero) is 2. The molecule has 0 fully saturated rings. The predicted molar refractivity (Wildman–Crippen MR) is 82.2 cm³/mol. The fraction of sp³-hybridized carbons (Fsp3) is 0.111. The Hall–Kier alpha value is -2.68. The molecule has 0 saturated heterocycles. The van der Waals surface area contributed by atoms with E-state index in [9.17, 15) is 9.59 Å². The molecule has 2 aromatic carbocycles. The molecule has 3 rings (SSSR count). The first-order valence-electron chi connectivity index (χ1n) is 6.76. The van der Waals surface area contributed by atoms with Crippen molar-refractivity contribution in [2.24, 2.45) is 0 Å². The zero-order valence-electron chi connectivity index (χ0n) is 12.0. The van der Waals surface area contributed by atoms with Crippen LogP contribution in [0.1, 0.15) is 26.3 Å². The van der Waals surface area contributed by atoms with E-state index in [0.29, 0.717) is 16.8 Å².